The summed E-state index contributed by atoms with van der Waals surface area (Å²) in [6.07, 6.45) is 1.54. The van der Waals surface area contributed by atoms with Crippen molar-refractivity contribution in [2.75, 3.05) is 26.9 Å². The molecule has 0 radical (unpaired) electrons. The molecule has 0 bridgehead atoms. The van der Waals surface area contributed by atoms with Crippen molar-refractivity contribution in [3.63, 3.8) is 0 Å². The van der Waals surface area contributed by atoms with Gasteiger partial charge in [0.05, 0.1) is 19.8 Å². The van der Waals surface area contributed by atoms with Crippen LogP contribution in [-0.4, -0.2) is 42.6 Å². The Hall–Kier alpha value is -1.66. The molecule has 0 aliphatic carbocycles. The minimum absolute atomic E-state index is 0.232. The predicted molar refractivity (Wildman–Crippen MR) is 60.4 cm³/mol. The Labute approximate surface area is 98.4 Å². The zero-order valence-corrected chi connectivity index (χ0v) is 9.59. The van der Waals surface area contributed by atoms with Crippen LogP contribution in [0.5, 0.6) is 0 Å². The summed E-state index contributed by atoms with van der Waals surface area (Å²) in [5.41, 5.74) is -0.750. The minimum atomic E-state index is -1.22. The first-order chi connectivity index (χ1) is 8.16. The normalized spacial score (nSPS) is 10.4. The number of ether oxygens (including phenoxy) is 2. The number of carboxylic acid groups (broad SMARTS) is 1. The molecular weight excluding hydrogens is 226 g/mol. The molecule has 17 heavy (non-hydrogen) atoms. The average Bonchev–Trinajstić information content (AvgIpc) is 2.30. The van der Waals surface area contributed by atoms with E-state index in [1.807, 2.05) is 0 Å². The second-order valence-corrected chi connectivity index (χ2v) is 3.33. The van der Waals surface area contributed by atoms with Gasteiger partial charge in [0.2, 0.25) is 0 Å². The van der Waals surface area contributed by atoms with Crippen molar-refractivity contribution in [3.05, 3.63) is 34.2 Å². The lowest BCUT2D eigenvalue weighted by atomic mass is 10.3. The van der Waals surface area contributed by atoms with Gasteiger partial charge in [-0.15, -0.1) is 0 Å². The number of aromatic nitrogens is 1. The summed E-state index contributed by atoms with van der Waals surface area (Å²) >= 11 is 0. The predicted octanol–water partition coefficient (Wildman–Crippen LogP) is 0.209. The molecular formula is C11H15NO5. The Bertz CT molecular complexity index is 426. The zero-order chi connectivity index (χ0) is 12.7. The number of hydrogen-bond acceptors (Lipinski definition) is 4. The van der Waals surface area contributed by atoms with Crippen molar-refractivity contribution in [2.24, 2.45) is 0 Å². The summed E-state index contributed by atoms with van der Waals surface area (Å²) < 4.78 is 11.3. The number of methoxy groups -OCH3 is 1. The molecule has 1 rings (SSSR count). The van der Waals surface area contributed by atoms with Crippen LogP contribution in [0.15, 0.2) is 23.1 Å². The van der Waals surface area contributed by atoms with Crippen molar-refractivity contribution < 1.29 is 19.4 Å². The van der Waals surface area contributed by atoms with Gasteiger partial charge < -0.3 is 19.1 Å². The molecule has 94 valence electrons. The van der Waals surface area contributed by atoms with E-state index in [2.05, 4.69) is 0 Å². The third-order valence-corrected chi connectivity index (χ3v) is 2.16. The van der Waals surface area contributed by atoms with Crippen LogP contribution in [-0.2, 0) is 16.0 Å². The largest absolute Gasteiger partial charge is 0.477 e. The maximum atomic E-state index is 11.6. The second-order valence-electron chi connectivity index (χ2n) is 3.33. The Balaban J connectivity index is 2.57. The molecule has 1 aromatic rings. The van der Waals surface area contributed by atoms with Crippen LogP contribution in [0.25, 0.3) is 0 Å². The maximum absolute atomic E-state index is 11.6. The van der Waals surface area contributed by atoms with Gasteiger partial charge in [-0.25, -0.2) is 4.79 Å². The van der Waals surface area contributed by atoms with Crippen LogP contribution in [0.4, 0.5) is 0 Å². The molecule has 0 unspecified atom stereocenters. The molecule has 1 aromatic heterocycles. The lowest BCUT2D eigenvalue weighted by molar-refractivity contribution is 0.0655. The number of aromatic carboxylic acids is 1. The summed E-state index contributed by atoms with van der Waals surface area (Å²) in [5, 5.41) is 8.77. The first-order valence-electron chi connectivity index (χ1n) is 5.16. The number of rotatable bonds is 7. The molecule has 0 fully saturated rings. The van der Waals surface area contributed by atoms with E-state index < -0.39 is 11.5 Å². The van der Waals surface area contributed by atoms with Crippen molar-refractivity contribution in [2.45, 2.75) is 6.54 Å². The number of nitrogens with zero attached hydrogens (tertiary/aromatic N) is 1. The molecule has 0 spiro atoms. The van der Waals surface area contributed by atoms with E-state index in [1.165, 1.54) is 22.9 Å². The highest BCUT2D eigenvalue weighted by molar-refractivity contribution is 5.86. The van der Waals surface area contributed by atoms with Crippen LogP contribution in [0.3, 0.4) is 0 Å². The van der Waals surface area contributed by atoms with E-state index in [0.29, 0.717) is 26.4 Å². The highest BCUT2D eigenvalue weighted by atomic mass is 16.5. The molecule has 6 nitrogen and oxygen atoms in total. The van der Waals surface area contributed by atoms with Crippen molar-refractivity contribution >= 4 is 5.97 Å². The number of hydrogen-bond donors (Lipinski definition) is 1. The third kappa shape index (κ3) is 4.01. The molecule has 0 atom stereocenters. The molecule has 0 aliphatic rings. The molecule has 1 N–H and O–H groups in total. The Morgan fingerprint density at radius 3 is 2.82 bits per heavy atom. The SMILES string of the molecule is COCCOCCn1cccc(C(=O)O)c1=O. The number of pyridine rings is 1. The molecule has 0 saturated carbocycles. The summed E-state index contributed by atoms with van der Waals surface area (Å²) in [6.45, 7) is 1.60. The lowest BCUT2D eigenvalue weighted by Crippen LogP contribution is -2.27. The zero-order valence-electron chi connectivity index (χ0n) is 9.59. The van der Waals surface area contributed by atoms with E-state index >= 15 is 0 Å². The highest BCUT2D eigenvalue weighted by Gasteiger charge is 2.09. The average molecular weight is 241 g/mol. The van der Waals surface area contributed by atoms with Crippen LogP contribution in [0.2, 0.25) is 0 Å². The van der Waals surface area contributed by atoms with E-state index in [0.717, 1.165) is 0 Å². The topological polar surface area (TPSA) is 77.8 Å². The Morgan fingerprint density at radius 1 is 1.41 bits per heavy atom. The molecule has 1 heterocycles. The minimum Gasteiger partial charge on any atom is -0.477 e. The van der Waals surface area contributed by atoms with Crippen molar-refractivity contribution in [3.8, 4) is 0 Å². The Morgan fingerprint density at radius 2 is 2.18 bits per heavy atom. The van der Waals surface area contributed by atoms with Crippen molar-refractivity contribution in [1.82, 2.24) is 4.57 Å². The Kier molecular flexibility index (Phi) is 5.38. The maximum Gasteiger partial charge on any atom is 0.341 e. The van der Waals surface area contributed by atoms with Gasteiger partial charge in [-0.05, 0) is 12.1 Å². The van der Waals surface area contributed by atoms with Crippen LogP contribution in [0, 0.1) is 0 Å². The third-order valence-electron chi connectivity index (χ3n) is 2.16. The van der Waals surface area contributed by atoms with Crippen LogP contribution in [0.1, 0.15) is 10.4 Å². The van der Waals surface area contributed by atoms with E-state index in [-0.39, 0.29) is 5.56 Å². The lowest BCUT2D eigenvalue weighted by Gasteiger charge is -2.07. The fourth-order valence-corrected chi connectivity index (χ4v) is 1.28. The summed E-state index contributed by atoms with van der Waals surface area (Å²) in [7, 11) is 1.57. The van der Waals surface area contributed by atoms with Crippen molar-refractivity contribution in [1.29, 1.82) is 0 Å². The monoisotopic (exact) mass is 241 g/mol. The summed E-state index contributed by atoms with van der Waals surface area (Å²) in [4.78, 5) is 22.4. The van der Waals surface area contributed by atoms with E-state index in [4.69, 9.17) is 14.6 Å². The standard InChI is InChI=1S/C11H15NO5/c1-16-7-8-17-6-5-12-4-2-3-9(10(12)13)11(14)15/h2-4H,5-8H2,1H3,(H,14,15). The fourth-order valence-electron chi connectivity index (χ4n) is 1.28. The quantitative estimate of drug-likeness (QED) is 0.690. The van der Waals surface area contributed by atoms with Gasteiger partial charge >= 0.3 is 5.97 Å². The number of carboxylic acids is 1. The van der Waals surface area contributed by atoms with Gasteiger partial charge in [-0.3, -0.25) is 4.79 Å². The fraction of sp³-hybridized carbons (Fsp3) is 0.455. The van der Waals surface area contributed by atoms with Crippen LogP contribution < -0.4 is 5.56 Å². The molecule has 0 aliphatic heterocycles. The van der Waals surface area contributed by atoms with Gasteiger partial charge in [-0.1, -0.05) is 0 Å². The first-order valence-corrected chi connectivity index (χ1v) is 5.16. The van der Waals surface area contributed by atoms with Gasteiger partial charge in [-0.2, -0.15) is 0 Å². The second kappa shape index (κ2) is 6.82. The van der Waals surface area contributed by atoms with Crippen LogP contribution >= 0.6 is 0 Å². The number of carbonyl (C=O) groups is 1. The smallest absolute Gasteiger partial charge is 0.341 e. The molecule has 6 heteroatoms. The van der Waals surface area contributed by atoms with Gasteiger partial charge in [0.1, 0.15) is 5.56 Å². The summed E-state index contributed by atoms with van der Waals surface area (Å²) in [6, 6.07) is 2.81. The highest BCUT2D eigenvalue weighted by Crippen LogP contribution is 1.92. The van der Waals surface area contributed by atoms with E-state index in [1.54, 1.807) is 7.11 Å². The molecule has 0 saturated heterocycles. The van der Waals surface area contributed by atoms with Gasteiger partial charge in [0, 0.05) is 19.9 Å². The summed E-state index contributed by atoms with van der Waals surface area (Å²) in [5.74, 6) is -1.22. The first kappa shape index (κ1) is 13.4. The van der Waals surface area contributed by atoms with Gasteiger partial charge in [0.15, 0.2) is 0 Å². The molecule has 0 aromatic carbocycles. The van der Waals surface area contributed by atoms with E-state index in [9.17, 15) is 9.59 Å². The molecule has 0 amide bonds. The van der Waals surface area contributed by atoms with Gasteiger partial charge in [0.25, 0.3) is 5.56 Å².